The van der Waals surface area contributed by atoms with Gasteiger partial charge in [0.1, 0.15) is 5.75 Å². The third-order valence-corrected chi connectivity index (χ3v) is 4.07. The molecule has 2 aliphatic rings. The van der Waals surface area contributed by atoms with Crippen molar-refractivity contribution in [2.45, 2.75) is 43.6 Å². The average molecular weight is 217 g/mol. The Morgan fingerprint density at radius 1 is 1.19 bits per heavy atom. The van der Waals surface area contributed by atoms with Crippen LogP contribution in [0.3, 0.4) is 0 Å². The Kier molecular flexibility index (Phi) is 2.40. The Morgan fingerprint density at radius 3 is 2.31 bits per heavy atom. The van der Waals surface area contributed by atoms with E-state index < -0.39 is 0 Å². The van der Waals surface area contributed by atoms with E-state index in [4.69, 9.17) is 10.5 Å². The number of ether oxygens (including phenoxy) is 1. The molecule has 0 heterocycles. The lowest BCUT2D eigenvalue weighted by Gasteiger charge is -2.26. The van der Waals surface area contributed by atoms with Crippen LogP contribution < -0.4 is 10.5 Å². The summed E-state index contributed by atoms with van der Waals surface area (Å²) in [5.74, 6) is 1.02. The van der Waals surface area contributed by atoms with E-state index in [1.807, 2.05) is 0 Å². The van der Waals surface area contributed by atoms with Gasteiger partial charge >= 0.3 is 0 Å². The molecule has 0 bridgehead atoms. The summed E-state index contributed by atoms with van der Waals surface area (Å²) in [6.07, 6.45) is 6.70. The van der Waals surface area contributed by atoms with Crippen molar-refractivity contribution in [3.63, 3.8) is 0 Å². The molecule has 2 aliphatic carbocycles. The molecule has 0 amide bonds. The second-order valence-electron chi connectivity index (χ2n) is 5.18. The van der Waals surface area contributed by atoms with E-state index >= 15 is 0 Å². The highest BCUT2D eigenvalue weighted by Gasteiger charge is 2.42. The van der Waals surface area contributed by atoms with Crippen LogP contribution in [0.2, 0.25) is 0 Å². The average Bonchev–Trinajstić information content (AvgIpc) is 3.05. The highest BCUT2D eigenvalue weighted by molar-refractivity contribution is 5.36. The van der Waals surface area contributed by atoms with Crippen molar-refractivity contribution in [3.8, 4) is 5.75 Å². The number of hydrogen-bond acceptors (Lipinski definition) is 2. The maximum Gasteiger partial charge on any atom is 0.119 e. The Balaban J connectivity index is 1.69. The predicted molar refractivity (Wildman–Crippen MR) is 64.7 cm³/mol. The van der Waals surface area contributed by atoms with Gasteiger partial charge in [-0.2, -0.15) is 0 Å². The first-order valence-corrected chi connectivity index (χ1v) is 6.30. The number of nitrogens with two attached hydrogens (primary N) is 1. The minimum atomic E-state index is 0.301. The summed E-state index contributed by atoms with van der Waals surface area (Å²) in [5.41, 5.74) is 7.50. The molecule has 16 heavy (non-hydrogen) atoms. The second-order valence-corrected chi connectivity index (χ2v) is 5.18. The summed E-state index contributed by atoms with van der Waals surface area (Å²) in [6, 6.07) is 8.58. The standard InChI is InChI=1S/C14H19NO/c15-10-14(8-9-14)11-4-6-13(7-5-11)16-12-2-1-3-12/h4-7,12H,1-3,8-10,15H2. The molecule has 2 nitrogen and oxygen atoms in total. The van der Waals surface area contributed by atoms with E-state index in [2.05, 4.69) is 24.3 Å². The van der Waals surface area contributed by atoms with Crippen molar-refractivity contribution in [3.05, 3.63) is 29.8 Å². The van der Waals surface area contributed by atoms with Gasteiger partial charge in [0, 0.05) is 12.0 Å². The van der Waals surface area contributed by atoms with Crippen LogP contribution in [0.25, 0.3) is 0 Å². The fraction of sp³-hybridized carbons (Fsp3) is 0.571. The molecule has 0 spiro atoms. The van der Waals surface area contributed by atoms with E-state index in [1.54, 1.807) is 0 Å². The zero-order valence-corrected chi connectivity index (χ0v) is 9.61. The molecule has 2 heteroatoms. The van der Waals surface area contributed by atoms with Gasteiger partial charge in [-0.1, -0.05) is 12.1 Å². The molecule has 0 unspecified atom stereocenters. The van der Waals surface area contributed by atoms with Crippen LogP contribution >= 0.6 is 0 Å². The molecule has 0 aromatic heterocycles. The maximum absolute atomic E-state index is 5.84. The van der Waals surface area contributed by atoms with Crippen molar-refractivity contribution in [1.82, 2.24) is 0 Å². The van der Waals surface area contributed by atoms with Gasteiger partial charge in [0.2, 0.25) is 0 Å². The lowest BCUT2D eigenvalue weighted by Crippen LogP contribution is -2.24. The molecular weight excluding hydrogens is 198 g/mol. The van der Waals surface area contributed by atoms with Crippen molar-refractivity contribution in [2.24, 2.45) is 5.73 Å². The molecule has 0 atom stereocenters. The topological polar surface area (TPSA) is 35.2 Å². The number of benzene rings is 1. The van der Waals surface area contributed by atoms with E-state index in [-0.39, 0.29) is 0 Å². The van der Waals surface area contributed by atoms with Crippen LogP contribution in [0.1, 0.15) is 37.7 Å². The highest BCUT2D eigenvalue weighted by Crippen LogP contribution is 2.47. The van der Waals surface area contributed by atoms with E-state index in [9.17, 15) is 0 Å². The summed E-state index contributed by atoms with van der Waals surface area (Å²) in [4.78, 5) is 0. The third kappa shape index (κ3) is 1.71. The van der Waals surface area contributed by atoms with E-state index in [1.165, 1.54) is 37.7 Å². The van der Waals surface area contributed by atoms with Crippen LogP contribution in [0, 0.1) is 0 Å². The third-order valence-electron chi connectivity index (χ3n) is 4.07. The largest absolute Gasteiger partial charge is 0.490 e. The molecule has 0 saturated heterocycles. The molecular formula is C14H19NO. The molecule has 3 rings (SSSR count). The van der Waals surface area contributed by atoms with E-state index in [0.717, 1.165) is 12.3 Å². The van der Waals surface area contributed by atoms with Gasteiger partial charge in [-0.3, -0.25) is 0 Å². The summed E-state index contributed by atoms with van der Waals surface area (Å²) in [5, 5.41) is 0. The van der Waals surface area contributed by atoms with Gasteiger partial charge in [-0.15, -0.1) is 0 Å². The van der Waals surface area contributed by atoms with E-state index in [0.29, 0.717) is 11.5 Å². The molecule has 2 N–H and O–H groups in total. The summed E-state index contributed by atoms with van der Waals surface area (Å²) in [7, 11) is 0. The number of rotatable bonds is 4. The number of hydrogen-bond donors (Lipinski definition) is 1. The highest BCUT2D eigenvalue weighted by atomic mass is 16.5. The van der Waals surface area contributed by atoms with Crippen molar-refractivity contribution >= 4 is 0 Å². The molecule has 2 saturated carbocycles. The van der Waals surface area contributed by atoms with Gasteiger partial charge in [0.25, 0.3) is 0 Å². The molecule has 2 fully saturated rings. The van der Waals surface area contributed by atoms with Gasteiger partial charge < -0.3 is 10.5 Å². The molecule has 0 aliphatic heterocycles. The monoisotopic (exact) mass is 217 g/mol. The Bertz CT molecular complexity index is 363. The second kappa shape index (κ2) is 3.77. The first-order chi connectivity index (χ1) is 7.82. The van der Waals surface area contributed by atoms with Crippen LogP contribution in [-0.2, 0) is 5.41 Å². The van der Waals surface area contributed by atoms with Crippen LogP contribution in [0.15, 0.2) is 24.3 Å². The fourth-order valence-electron chi connectivity index (χ4n) is 2.33. The Morgan fingerprint density at radius 2 is 1.88 bits per heavy atom. The first kappa shape index (κ1) is 10.2. The minimum Gasteiger partial charge on any atom is -0.490 e. The minimum absolute atomic E-state index is 0.301. The molecule has 1 aromatic carbocycles. The molecule has 86 valence electrons. The van der Waals surface area contributed by atoms with Crippen LogP contribution in [0.5, 0.6) is 5.75 Å². The Hall–Kier alpha value is -1.02. The predicted octanol–water partition coefficient (Wildman–Crippen LogP) is 2.61. The lowest BCUT2D eigenvalue weighted by atomic mass is 9.95. The quantitative estimate of drug-likeness (QED) is 0.841. The summed E-state index contributed by atoms with van der Waals surface area (Å²) < 4.78 is 5.84. The first-order valence-electron chi connectivity index (χ1n) is 6.30. The summed E-state index contributed by atoms with van der Waals surface area (Å²) in [6.45, 7) is 0.774. The van der Waals surface area contributed by atoms with Gasteiger partial charge in [-0.05, 0) is 49.8 Å². The van der Waals surface area contributed by atoms with Crippen molar-refractivity contribution < 1.29 is 4.74 Å². The van der Waals surface area contributed by atoms with Crippen molar-refractivity contribution in [1.29, 1.82) is 0 Å². The normalized spacial score (nSPS) is 22.6. The summed E-state index contributed by atoms with van der Waals surface area (Å²) >= 11 is 0. The SMILES string of the molecule is NCC1(c2ccc(OC3CCC3)cc2)CC1. The zero-order valence-electron chi connectivity index (χ0n) is 9.61. The van der Waals surface area contributed by atoms with Gasteiger partial charge in [0.05, 0.1) is 6.10 Å². The fourth-order valence-corrected chi connectivity index (χ4v) is 2.33. The Labute approximate surface area is 96.8 Å². The molecule has 1 aromatic rings. The molecule has 0 radical (unpaired) electrons. The smallest absolute Gasteiger partial charge is 0.119 e. The van der Waals surface area contributed by atoms with Crippen LogP contribution in [0.4, 0.5) is 0 Å². The van der Waals surface area contributed by atoms with Crippen molar-refractivity contribution in [2.75, 3.05) is 6.54 Å². The van der Waals surface area contributed by atoms with Gasteiger partial charge in [0.15, 0.2) is 0 Å². The van der Waals surface area contributed by atoms with Crippen LogP contribution in [-0.4, -0.2) is 12.6 Å². The van der Waals surface area contributed by atoms with Gasteiger partial charge in [-0.25, -0.2) is 0 Å². The lowest BCUT2D eigenvalue weighted by molar-refractivity contribution is 0.120. The maximum atomic E-state index is 5.84. The zero-order chi connectivity index (χ0) is 11.0.